The molecule has 9 nitrogen and oxygen atoms in total. The number of nitrogens with zero attached hydrogens (tertiary/aromatic N) is 2. The molecule has 0 atom stereocenters. The van der Waals surface area contributed by atoms with Gasteiger partial charge in [0, 0.05) is 0 Å². The smallest absolute Gasteiger partial charge is 0.211 e. The number of aromatic nitrogens is 1. The van der Waals surface area contributed by atoms with Crippen LogP contribution in [0.1, 0.15) is 0 Å². The molecule has 0 spiro atoms. The molecule has 0 saturated carbocycles. The summed E-state index contributed by atoms with van der Waals surface area (Å²) in [6.45, 7) is 0. The minimum Gasteiger partial charge on any atom is -0.507 e. The molecular formula is C10H11N7O2S2. The van der Waals surface area contributed by atoms with Crippen LogP contribution in [0.2, 0.25) is 0 Å². The molecule has 0 aliphatic rings. The zero-order valence-electron chi connectivity index (χ0n) is 10.4. The Morgan fingerprint density at radius 3 is 2.33 bits per heavy atom. The van der Waals surface area contributed by atoms with E-state index in [1.165, 1.54) is 12.1 Å². The van der Waals surface area contributed by atoms with Gasteiger partial charge >= 0.3 is 0 Å². The van der Waals surface area contributed by atoms with E-state index >= 15 is 0 Å². The molecule has 0 aliphatic heterocycles. The second-order valence-corrected chi connectivity index (χ2v) is 4.71. The fourth-order valence-electron chi connectivity index (χ4n) is 1.71. The van der Waals surface area contributed by atoms with Crippen molar-refractivity contribution in [2.75, 3.05) is 5.43 Å². The van der Waals surface area contributed by atoms with Crippen molar-refractivity contribution in [3.05, 3.63) is 12.1 Å². The summed E-state index contributed by atoms with van der Waals surface area (Å²) >= 11 is 9.27. The maximum Gasteiger partial charge on any atom is 0.211 e. The number of nitrogens with two attached hydrogens (primary N) is 2. The van der Waals surface area contributed by atoms with Crippen molar-refractivity contribution in [1.82, 2.24) is 10.4 Å². The van der Waals surface area contributed by atoms with Gasteiger partial charge in [-0.25, -0.2) is 0 Å². The van der Waals surface area contributed by atoms with Gasteiger partial charge in [0.15, 0.2) is 10.9 Å². The molecule has 11 heteroatoms. The van der Waals surface area contributed by atoms with Crippen molar-refractivity contribution >= 4 is 57.1 Å². The van der Waals surface area contributed by atoms with Crippen molar-refractivity contribution in [3.8, 4) is 11.5 Å². The average molecular weight is 325 g/mol. The summed E-state index contributed by atoms with van der Waals surface area (Å²) in [5.74, 6) is 0.226. The number of thiocarbonyl (C=S) groups is 2. The third-order valence-corrected chi connectivity index (χ3v) is 2.63. The van der Waals surface area contributed by atoms with Crippen LogP contribution in [0.25, 0.3) is 10.8 Å². The fourth-order valence-corrected chi connectivity index (χ4v) is 1.80. The number of phenolic OH excluding ortho intramolecular Hbond substituents is 2. The molecule has 1 aromatic carbocycles. The van der Waals surface area contributed by atoms with E-state index in [4.69, 9.17) is 11.5 Å². The fraction of sp³-hybridized carbons (Fsp3) is 0. The Morgan fingerprint density at radius 2 is 1.76 bits per heavy atom. The summed E-state index contributed by atoms with van der Waals surface area (Å²) in [4.78, 5) is 2.80. The first kappa shape index (κ1) is 14.7. The molecule has 9 N–H and O–H groups in total. The van der Waals surface area contributed by atoms with Crippen LogP contribution < -0.4 is 22.3 Å². The van der Waals surface area contributed by atoms with E-state index in [0.717, 1.165) is 0 Å². The van der Waals surface area contributed by atoms with Crippen molar-refractivity contribution in [2.45, 2.75) is 0 Å². The molecule has 1 heterocycles. The molecule has 110 valence electrons. The minimum atomic E-state index is -0.173. The van der Waals surface area contributed by atoms with Gasteiger partial charge in [0.2, 0.25) is 5.11 Å². The monoisotopic (exact) mass is 325 g/mol. The lowest BCUT2D eigenvalue weighted by atomic mass is 10.1. The number of hydrogen-bond donors (Lipinski definition) is 7. The van der Waals surface area contributed by atoms with Crippen LogP contribution in [0.3, 0.4) is 0 Å². The molecule has 0 radical (unpaired) electrons. The zero-order valence-corrected chi connectivity index (χ0v) is 12.0. The molecule has 0 unspecified atom stereocenters. The summed E-state index contributed by atoms with van der Waals surface area (Å²) in [5, 5.41) is 27.5. The third kappa shape index (κ3) is 3.09. The number of hydrazine groups is 1. The summed E-state index contributed by atoms with van der Waals surface area (Å²) in [6, 6.07) is 2.64. The van der Waals surface area contributed by atoms with Gasteiger partial charge in [-0.15, -0.1) is 10.2 Å². The van der Waals surface area contributed by atoms with Crippen LogP contribution in [0.15, 0.2) is 22.4 Å². The number of aromatic hydroxyl groups is 2. The van der Waals surface area contributed by atoms with E-state index in [-0.39, 0.29) is 44.1 Å². The number of azo groups is 1. The second kappa shape index (κ2) is 5.76. The number of fused-ring (bicyclic) bond motifs is 1. The number of H-pyrrole nitrogens is 1. The van der Waals surface area contributed by atoms with E-state index < -0.39 is 0 Å². The first-order chi connectivity index (χ1) is 9.90. The van der Waals surface area contributed by atoms with E-state index in [9.17, 15) is 10.2 Å². The number of hydrogen-bond acceptors (Lipinski definition) is 6. The lowest BCUT2D eigenvalue weighted by Crippen LogP contribution is -2.34. The highest BCUT2D eigenvalue weighted by molar-refractivity contribution is 7.80. The van der Waals surface area contributed by atoms with Crippen molar-refractivity contribution in [3.63, 3.8) is 0 Å². The summed E-state index contributed by atoms with van der Waals surface area (Å²) in [7, 11) is 0. The highest BCUT2D eigenvalue weighted by atomic mass is 32.1. The van der Waals surface area contributed by atoms with Crippen molar-refractivity contribution < 1.29 is 10.2 Å². The first-order valence-electron chi connectivity index (χ1n) is 5.49. The van der Waals surface area contributed by atoms with E-state index in [1.807, 2.05) is 0 Å². The van der Waals surface area contributed by atoms with Gasteiger partial charge in [-0.1, -0.05) is 0 Å². The maximum atomic E-state index is 9.95. The number of phenols is 2. The molecule has 0 aliphatic carbocycles. The van der Waals surface area contributed by atoms with E-state index in [0.29, 0.717) is 0 Å². The Bertz CT molecular complexity index is 755. The van der Waals surface area contributed by atoms with Crippen LogP contribution in [-0.2, 0) is 0 Å². The molecule has 2 aromatic rings. The SMILES string of the molecule is NC(=S)/N=N/c1[nH]c(NNC(N)=S)c2c(O)ccc(O)c12. The predicted molar refractivity (Wildman–Crippen MR) is 86.5 cm³/mol. The molecule has 2 rings (SSSR count). The van der Waals surface area contributed by atoms with Crippen LogP contribution >= 0.6 is 24.4 Å². The van der Waals surface area contributed by atoms with Crippen LogP contribution in [0.4, 0.5) is 11.6 Å². The number of rotatable bonds is 3. The Kier molecular flexibility index (Phi) is 4.05. The quantitative estimate of drug-likeness (QED) is 0.191. The molecule has 1 aromatic heterocycles. The van der Waals surface area contributed by atoms with Gasteiger partial charge in [0.05, 0.1) is 10.8 Å². The minimum absolute atomic E-state index is 0.0105. The lowest BCUT2D eigenvalue weighted by molar-refractivity contribution is 0.470. The standard InChI is InChI=1S/C10H11N7O2S2/c11-9(20)16-14-7-5-3(18)1-2-4(19)6(5)8(13-7)15-17-10(12)21/h1-2,13-14,18-19H,(H2,12,21)(H3,11,16,20)/b17-15+. The zero-order chi connectivity index (χ0) is 15.6. The molecular weight excluding hydrogens is 314 g/mol. The van der Waals surface area contributed by atoms with E-state index in [2.05, 4.69) is 50.5 Å². The molecule has 0 bridgehead atoms. The topological polar surface area (TPSA) is 157 Å². The first-order valence-corrected chi connectivity index (χ1v) is 6.31. The van der Waals surface area contributed by atoms with Crippen molar-refractivity contribution in [1.29, 1.82) is 0 Å². The Labute approximate surface area is 129 Å². The van der Waals surface area contributed by atoms with Crippen LogP contribution in [0.5, 0.6) is 11.5 Å². The van der Waals surface area contributed by atoms with Gasteiger partial charge in [0.25, 0.3) is 0 Å². The molecule has 21 heavy (non-hydrogen) atoms. The van der Waals surface area contributed by atoms with Gasteiger partial charge < -0.3 is 26.7 Å². The Balaban J connectivity index is 2.61. The molecule has 0 fully saturated rings. The second-order valence-electron chi connectivity index (χ2n) is 3.85. The summed E-state index contributed by atoms with van der Waals surface area (Å²) in [5.41, 5.74) is 15.7. The summed E-state index contributed by atoms with van der Waals surface area (Å²) in [6.07, 6.45) is 0. The molecule has 0 saturated heterocycles. The number of aromatic amines is 1. The predicted octanol–water partition coefficient (Wildman–Crippen LogP) is 1.07. The Hall–Kier alpha value is -2.66. The maximum absolute atomic E-state index is 9.95. The third-order valence-electron chi connectivity index (χ3n) is 2.45. The van der Waals surface area contributed by atoms with Gasteiger partial charge in [-0.05, 0) is 36.6 Å². The average Bonchev–Trinajstić information content (AvgIpc) is 2.78. The number of anilines is 1. The number of nitrogens with one attached hydrogen (secondary N) is 3. The van der Waals surface area contributed by atoms with Crippen LogP contribution in [0, 0.1) is 0 Å². The van der Waals surface area contributed by atoms with Gasteiger partial charge in [-0.2, -0.15) is 0 Å². The largest absolute Gasteiger partial charge is 0.507 e. The van der Waals surface area contributed by atoms with E-state index in [1.54, 1.807) is 0 Å². The number of benzene rings is 1. The van der Waals surface area contributed by atoms with Gasteiger partial charge in [-0.3, -0.25) is 10.9 Å². The molecule has 0 amide bonds. The highest BCUT2D eigenvalue weighted by Gasteiger charge is 2.17. The normalized spacial score (nSPS) is 10.9. The van der Waals surface area contributed by atoms with Gasteiger partial charge in [0.1, 0.15) is 17.3 Å². The highest BCUT2D eigenvalue weighted by Crippen LogP contribution is 2.42. The summed E-state index contributed by atoms with van der Waals surface area (Å²) < 4.78 is 0. The lowest BCUT2D eigenvalue weighted by Gasteiger charge is -2.06. The van der Waals surface area contributed by atoms with Crippen LogP contribution in [-0.4, -0.2) is 25.4 Å². The Morgan fingerprint density at radius 1 is 1.14 bits per heavy atom. The van der Waals surface area contributed by atoms with Crippen molar-refractivity contribution in [2.24, 2.45) is 21.7 Å².